The Balaban J connectivity index is 1.52. The van der Waals surface area contributed by atoms with Gasteiger partial charge < -0.3 is 29.0 Å². The Kier molecular flexibility index (Phi) is 10.2. The molecule has 2 N–H and O–H groups in total. The van der Waals surface area contributed by atoms with Gasteiger partial charge in [0.15, 0.2) is 17.0 Å². The van der Waals surface area contributed by atoms with Gasteiger partial charge in [0.2, 0.25) is 5.82 Å². The van der Waals surface area contributed by atoms with Crippen molar-refractivity contribution in [2.75, 3.05) is 22.9 Å². The Morgan fingerprint density at radius 3 is 2.22 bits per heavy atom. The first-order valence-electron chi connectivity index (χ1n) is 16.0. The third-order valence-electron chi connectivity index (χ3n) is 7.33. The number of carbonyl (C=O) groups is 3. The summed E-state index contributed by atoms with van der Waals surface area (Å²) in [4.78, 5) is 55.9. The number of rotatable bonds is 6. The molecule has 19 heteroatoms. The molecule has 4 aromatic rings. The van der Waals surface area contributed by atoms with Crippen molar-refractivity contribution >= 4 is 68.5 Å². The molecule has 1 saturated heterocycles. The van der Waals surface area contributed by atoms with Gasteiger partial charge in [-0.05, 0) is 80.9 Å². The van der Waals surface area contributed by atoms with Gasteiger partial charge in [-0.3, -0.25) is 0 Å². The minimum absolute atomic E-state index is 0.102. The first-order valence-corrected chi connectivity index (χ1v) is 17.2. The van der Waals surface area contributed by atoms with Crippen LogP contribution in [0.2, 0.25) is 5.02 Å². The number of imide groups is 1. The van der Waals surface area contributed by atoms with Crippen LogP contribution < -0.4 is 15.1 Å². The van der Waals surface area contributed by atoms with E-state index in [9.17, 15) is 14.4 Å². The largest absolute Gasteiger partial charge is 0.444 e. The fourth-order valence-electron chi connectivity index (χ4n) is 5.43. The van der Waals surface area contributed by atoms with Gasteiger partial charge in [0, 0.05) is 33.8 Å². The number of halogens is 2. The van der Waals surface area contributed by atoms with Gasteiger partial charge in [-0.15, -0.1) is 10.2 Å². The Morgan fingerprint density at radius 2 is 1.63 bits per heavy atom. The molecule has 1 atom stereocenters. The van der Waals surface area contributed by atoms with E-state index in [-0.39, 0.29) is 24.4 Å². The van der Waals surface area contributed by atoms with Crippen LogP contribution in [0.5, 0.6) is 0 Å². The number of benzene rings is 1. The molecule has 3 aromatic heterocycles. The summed E-state index contributed by atoms with van der Waals surface area (Å²) in [7, 11) is 0. The molecule has 4 heterocycles. The molecule has 51 heavy (non-hydrogen) atoms. The summed E-state index contributed by atoms with van der Waals surface area (Å²) >= 11 is 10.3. The second kappa shape index (κ2) is 13.9. The number of anilines is 2. The minimum Gasteiger partial charge on any atom is -0.444 e. The number of H-pyrrole nitrogens is 1. The SMILES string of the molecule is CC(C)(C)OC(=O)N[C@]1(c2nn[nH]n2)CCN(c2cc(Cl)cc(Br)c2Cn2cnc3c(N(C(=O)OC(C)(C)C)C(=O)OC(C)(C)C)ncnc32)C1. The molecule has 1 aliphatic heterocycles. The van der Waals surface area contributed by atoms with Crippen molar-refractivity contribution in [1.29, 1.82) is 0 Å². The van der Waals surface area contributed by atoms with Crippen LogP contribution in [-0.4, -0.2) is 88.3 Å². The number of ether oxygens (including phenoxy) is 3. The van der Waals surface area contributed by atoms with Crippen molar-refractivity contribution in [3.05, 3.63) is 45.7 Å². The lowest BCUT2D eigenvalue weighted by Crippen LogP contribution is -2.50. The number of aromatic amines is 1. The van der Waals surface area contributed by atoms with Crippen molar-refractivity contribution in [1.82, 2.24) is 45.5 Å². The van der Waals surface area contributed by atoms with Crippen LogP contribution in [0, 0.1) is 0 Å². The minimum atomic E-state index is -1.03. The van der Waals surface area contributed by atoms with Crippen molar-refractivity contribution < 1.29 is 28.6 Å². The maximum Gasteiger partial charge on any atom is 0.425 e. The molecule has 0 radical (unpaired) electrons. The maximum atomic E-state index is 13.4. The van der Waals surface area contributed by atoms with E-state index in [0.717, 1.165) is 16.2 Å². The molecule has 0 saturated carbocycles. The van der Waals surface area contributed by atoms with Crippen LogP contribution in [0.4, 0.5) is 25.9 Å². The highest BCUT2D eigenvalue weighted by molar-refractivity contribution is 9.10. The van der Waals surface area contributed by atoms with Crippen LogP contribution in [0.3, 0.4) is 0 Å². The van der Waals surface area contributed by atoms with Gasteiger partial charge in [0.1, 0.15) is 28.7 Å². The normalized spacial score (nSPS) is 16.6. The Labute approximate surface area is 307 Å². The van der Waals surface area contributed by atoms with Gasteiger partial charge in [-0.1, -0.05) is 32.7 Å². The van der Waals surface area contributed by atoms with E-state index in [1.807, 2.05) is 6.07 Å². The summed E-state index contributed by atoms with van der Waals surface area (Å²) in [5, 5.41) is 18.1. The molecular formula is C32H41BrClN11O6. The van der Waals surface area contributed by atoms with Crippen LogP contribution in [0.15, 0.2) is 29.3 Å². The number of imidazole rings is 1. The molecule has 5 rings (SSSR count). The zero-order valence-corrected chi connectivity index (χ0v) is 32.2. The third-order valence-corrected chi connectivity index (χ3v) is 8.26. The molecular weight excluding hydrogens is 750 g/mol. The summed E-state index contributed by atoms with van der Waals surface area (Å²) in [6.45, 7) is 16.4. The van der Waals surface area contributed by atoms with Crippen molar-refractivity contribution in [3.63, 3.8) is 0 Å². The average molecular weight is 791 g/mol. The number of nitrogens with one attached hydrogen (secondary N) is 2. The standard InChI is InChI=1S/C32H41BrClN11O6/c1-29(2,3)49-26(46)38-32(25-39-41-42-40-25)10-11-43(15-32)21-13-18(34)12-20(33)19(21)14-44-17-37-22-23(44)35-16-36-24(22)45(27(47)50-30(4,5)6)28(48)51-31(7,8)9/h12-13,16-17H,10-11,14-15H2,1-9H3,(H,38,46)(H,39,40,41,42)/t32-/m1/s1. The smallest absolute Gasteiger partial charge is 0.425 e. The fourth-order valence-corrected chi connectivity index (χ4v) is 6.35. The quantitative estimate of drug-likeness (QED) is 0.213. The molecule has 17 nitrogen and oxygen atoms in total. The highest BCUT2D eigenvalue weighted by Crippen LogP contribution is 2.39. The summed E-state index contributed by atoms with van der Waals surface area (Å²) in [5.41, 5.74) is -1.53. The molecule has 0 spiro atoms. The average Bonchev–Trinajstić information content (AvgIpc) is 3.73. The number of alkyl carbamates (subject to hydrolysis) is 1. The molecule has 0 aliphatic carbocycles. The highest BCUT2D eigenvalue weighted by Gasteiger charge is 2.46. The maximum absolute atomic E-state index is 13.4. The predicted molar refractivity (Wildman–Crippen MR) is 191 cm³/mol. The monoisotopic (exact) mass is 789 g/mol. The van der Waals surface area contributed by atoms with Gasteiger partial charge in [-0.25, -0.2) is 29.3 Å². The van der Waals surface area contributed by atoms with E-state index in [4.69, 9.17) is 25.8 Å². The van der Waals surface area contributed by atoms with Crippen LogP contribution in [0.25, 0.3) is 11.2 Å². The number of tetrazole rings is 1. The van der Waals surface area contributed by atoms with Crippen molar-refractivity contribution in [2.45, 2.75) is 97.6 Å². The lowest BCUT2D eigenvalue weighted by Gasteiger charge is -2.30. The summed E-state index contributed by atoms with van der Waals surface area (Å²) in [6.07, 6.45) is 0.631. The molecule has 1 aliphatic rings. The van der Waals surface area contributed by atoms with Crippen molar-refractivity contribution in [3.8, 4) is 0 Å². The summed E-state index contributed by atoms with van der Waals surface area (Å²) in [6, 6.07) is 3.60. The third kappa shape index (κ3) is 8.84. The Hall–Kier alpha value is -4.58. The van der Waals surface area contributed by atoms with Gasteiger partial charge in [0.05, 0.1) is 12.9 Å². The van der Waals surface area contributed by atoms with Gasteiger partial charge >= 0.3 is 18.3 Å². The number of aromatic nitrogens is 8. The second-order valence-corrected chi connectivity index (χ2v) is 16.3. The lowest BCUT2D eigenvalue weighted by atomic mass is 9.98. The molecule has 1 fully saturated rings. The highest BCUT2D eigenvalue weighted by atomic mass is 79.9. The number of fused-ring (bicyclic) bond motifs is 1. The molecule has 0 unspecified atom stereocenters. The van der Waals surface area contributed by atoms with E-state index in [2.05, 4.69) is 61.7 Å². The van der Waals surface area contributed by atoms with Crippen LogP contribution in [-0.2, 0) is 26.3 Å². The number of carbonyl (C=O) groups excluding carboxylic acids is 3. The van der Waals surface area contributed by atoms with Gasteiger partial charge in [-0.2, -0.15) is 10.1 Å². The summed E-state index contributed by atoms with van der Waals surface area (Å²) < 4.78 is 19.1. The predicted octanol–water partition coefficient (Wildman–Crippen LogP) is 6.11. The molecule has 1 aromatic carbocycles. The Bertz CT molecular complexity index is 1910. The summed E-state index contributed by atoms with van der Waals surface area (Å²) in [5.74, 6) is 0.207. The molecule has 274 valence electrons. The van der Waals surface area contributed by atoms with E-state index in [1.54, 1.807) is 72.9 Å². The van der Waals surface area contributed by atoms with E-state index in [0.29, 0.717) is 33.9 Å². The fraction of sp³-hybridized carbons (Fsp3) is 0.531. The second-order valence-electron chi connectivity index (χ2n) is 15.0. The number of nitrogens with zero attached hydrogens (tertiary/aromatic N) is 9. The Morgan fingerprint density at radius 1 is 0.980 bits per heavy atom. The number of hydrogen-bond acceptors (Lipinski definition) is 13. The van der Waals surface area contributed by atoms with E-state index >= 15 is 0 Å². The molecule has 0 bridgehead atoms. The number of hydrogen-bond donors (Lipinski definition) is 2. The number of amides is 3. The lowest BCUT2D eigenvalue weighted by molar-refractivity contribution is 0.0422. The van der Waals surface area contributed by atoms with Crippen LogP contribution >= 0.6 is 27.5 Å². The first-order chi connectivity index (χ1) is 23.6. The van der Waals surface area contributed by atoms with Crippen LogP contribution in [0.1, 0.15) is 80.1 Å². The van der Waals surface area contributed by atoms with E-state index in [1.165, 1.54) is 12.7 Å². The first kappa shape index (κ1) is 37.7. The zero-order valence-electron chi connectivity index (χ0n) is 29.9. The zero-order chi connectivity index (χ0) is 37.5. The van der Waals surface area contributed by atoms with Gasteiger partial charge in [0.25, 0.3) is 0 Å². The molecule has 3 amide bonds. The van der Waals surface area contributed by atoms with E-state index < -0.39 is 40.6 Å². The van der Waals surface area contributed by atoms with Crippen molar-refractivity contribution in [2.24, 2.45) is 0 Å². The topological polar surface area (TPSA) is 195 Å².